The molecule has 0 spiro atoms. The summed E-state index contributed by atoms with van der Waals surface area (Å²) in [7, 11) is 0. The first-order valence-corrected chi connectivity index (χ1v) is 3.38. The highest BCUT2D eigenvalue weighted by molar-refractivity contribution is 5.85. The fraction of sp³-hybridized carbons (Fsp3) is 0.375. The maximum atomic E-state index is 5.60. The lowest BCUT2D eigenvalue weighted by atomic mass is 10.2. The highest BCUT2D eigenvalue weighted by atomic mass is 35.5. The molecule has 0 amide bonds. The Morgan fingerprint density at radius 3 is 2.45 bits per heavy atom. The summed E-state index contributed by atoms with van der Waals surface area (Å²) < 4.78 is 0. The van der Waals surface area contributed by atoms with Crippen molar-refractivity contribution in [2.45, 2.75) is 19.9 Å². The Hall–Kier alpha value is -0.600. The van der Waals surface area contributed by atoms with Gasteiger partial charge in [0.25, 0.3) is 0 Å². The lowest BCUT2D eigenvalue weighted by Crippen LogP contribution is -2.06. The number of hydrogen-bond acceptors (Lipinski definition) is 2. The van der Waals surface area contributed by atoms with Crippen molar-refractivity contribution in [2.75, 3.05) is 0 Å². The van der Waals surface area contributed by atoms with Crippen LogP contribution in [0.4, 0.5) is 0 Å². The minimum atomic E-state index is 0. The van der Waals surface area contributed by atoms with Crippen LogP contribution in [0.1, 0.15) is 24.2 Å². The number of hydrogen-bond donors (Lipinski definition) is 1. The van der Waals surface area contributed by atoms with Gasteiger partial charge in [0.15, 0.2) is 0 Å². The third-order valence-corrected chi connectivity index (χ3v) is 1.40. The van der Waals surface area contributed by atoms with Gasteiger partial charge in [0.05, 0.1) is 5.69 Å². The Labute approximate surface area is 73.2 Å². The van der Waals surface area contributed by atoms with Crippen LogP contribution in [-0.4, -0.2) is 4.98 Å². The zero-order valence-electron chi connectivity index (χ0n) is 6.74. The lowest BCUT2D eigenvalue weighted by Gasteiger charge is -2.02. The second-order valence-electron chi connectivity index (χ2n) is 2.55. The topological polar surface area (TPSA) is 38.9 Å². The molecule has 0 bridgehead atoms. The molecule has 2 nitrogen and oxygen atoms in total. The SMILES string of the molecule is Cc1ccc([C@H](C)N)nc1.Cl. The van der Waals surface area contributed by atoms with Crippen LogP contribution >= 0.6 is 12.4 Å². The summed E-state index contributed by atoms with van der Waals surface area (Å²) in [5.41, 5.74) is 7.72. The minimum Gasteiger partial charge on any atom is -0.323 e. The first kappa shape index (κ1) is 10.4. The van der Waals surface area contributed by atoms with E-state index in [1.807, 2.05) is 32.2 Å². The quantitative estimate of drug-likeness (QED) is 0.702. The molecule has 0 radical (unpaired) electrons. The molecule has 0 unspecified atom stereocenters. The van der Waals surface area contributed by atoms with E-state index in [0.29, 0.717) is 0 Å². The molecule has 62 valence electrons. The molecule has 0 fully saturated rings. The van der Waals surface area contributed by atoms with Crippen molar-refractivity contribution in [3.05, 3.63) is 29.6 Å². The fourth-order valence-corrected chi connectivity index (χ4v) is 0.749. The average Bonchev–Trinajstić information content (AvgIpc) is 1.88. The van der Waals surface area contributed by atoms with Gasteiger partial charge in [0.2, 0.25) is 0 Å². The third kappa shape index (κ3) is 2.87. The number of aryl methyl sites for hydroxylation is 1. The van der Waals surface area contributed by atoms with Crippen molar-refractivity contribution >= 4 is 12.4 Å². The second kappa shape index (κ2) is 4.31. The Balaban J connectivity index is 0.000001000. The first-order valence-electron chi connectivity index (χ1n) is 3.38. The standard InChI is InChI=1S/C8H12N2.ClH/c1-6-3-4-8(7(2)9)10-5-6;/h3-5,7H,9H2,1-2H3;1H/t7-;/m0./s1. The van der Waals surface area contributed by atoms with Crippen molar-refractivity contribution in [3.63, 3.8) is 0 Å². The lowest BCUT2D eigenvalue weighted by molar-refractivity contribution is 0.780. The molecule has 3 heteroatoms. The Kier molecular flexibility index (Phi) is 4.08. The van der Waals surface area contributed by atoms with Crippen molar-refractivity contribution in [1.29, 1.82) is 0 Å². The largest absolute Gasteiger partial charge is 0.323 e. The van der Waals surface area contributed by atoms with E-state index < -0.39 is 0 Å². The molecule has 0 aromatic carbocycles. The second-order valence-corrected chi connectivity index (χ2v) is 2.55. The Bertz CT molecular complexity index is 206. The van der Waals surface area contributed by atoms with E-state index in [2.05, 4.69) is 4.98 Å². The fourth-order valence-electron chi connectivity index (χ4n) is 0.749. The van der Waals surface area contributed by atoms with Gasteiger partial charge in [-0.25, -0.2) is 0 Å². The molecule has 2 N–H and O–H groups in total. The molecule has 1 aromatic heterocycles. The molecule has 11 heavy (non-hydrogen) atoms. The van der Waals surface area contributed by atoms with Crippen LogP contribution in [-0.2, 0) is 0 Å². The van der Waals surface area contributed by atoms with Crippen molar-refractivity contribution in [3.8, 4) is 0 Å². The number of nitrogens with zero attached hydrogens (tertiary/aromatic N) is 1. The van der Waals surface area contributed by atoms with E-state index in [1.165, 1.54) is 5.56 Å². The number of pyridine rings is 1. The number of halogens is 1. The van der Waals surface area contributed by atoms with Crippen LogP contribution < -0.4 is 5.73 Å². The molecule has 0 aliphatic carbocycles. The van der Waals surface area contributed by atoms with Gasteiger partial charge in [-0.05, 0) is 25.5 Å². The summed E-state index contributed by atoms with van der Waals surface area (Å²) in [5.74, 6) is 0. The van der Waals surface area contributed by atoms with Gasteiger partial charge in [-0.1, -0.05) is 6.07 Å². The molecule has 1 heterocycles. The van der Waals surface area contributed by atoms with Gasteiger partial charge >= 0.3 is 0 Å². The van der Waals surface area contributed by atoms with E-state index in [9.17, 15) is 0 Å². The predicted octanol–water partition coefficient (Wildman–Crippen LogP) is 1.83. The summed E-state index contributed by atoms with van der Waals surface area (Å²) >= 11 is 0. The maximum absolute atomic E-state index is 5.60. The van der Waals surface area contributed by atoms with Crippen LogP contribution in [0.2, 0.25) is 0 Å². The molecular formula is C8H13ClN2. The zero-order valence-corrected chi connectivity index (χ0v) is 7.56. The highest BCUT2D eigenvalue weighted by Crippen LogP contribution is 2.05. The molecule has 1 atom stereocenters. The maximum Gasteiger partial charge on any atom is 0.0568 e. The van der Waals surface area contributed by atoms with Gasteiger partial charge < -0.3 is 5.73 Å². The summed E-state index contributed by atoms with van der Waals surface area (Å²) in [5, 5.41) is 0. The Morgan fingerprint density at radius 1 is 1.45 bits per heavy atom. The van der Waals surface area contributed by atoms with E-state index in [0.717, 1.165) is 5.69 Å². The minimum absolute atomic E-state index is 0. The van der Waals surface area contributed by atoms with Gasteiger partial charge in [-0.3, -0.25) is 4.98 Å². The van der Waals surface area contributed by atoms with Crippen LogP contribution in [0.5, 0.6) is 0 Å². The van der Waals surface area contributed by atoms with Gasteiger partial charge in [0.1, 0.15) is 0 Å². The van der Waals surface area contributed by atoms with Crippen LogP contribution in [0.15, 0.2) is 18.3 Å². The Morgan fingerprint density at radius 2 is 2.09 bits per heavy atom. The molecule has 0 saturated carbocycles. The van der Waals surface area contributed by atoms with E-state index in [1.54, 1.807) is 0 Å². The van der Waals surface area contributed by atoms with Crippen molar-refractivity contribution in [2.24, 2.45) is 5.73 Å². The highest BCUT2D eigenvalue weighted by Gasteiger charge is 1.97. The van der Waals surface area contributed by atoms with E-state index in [4.69, 9.17) is 5.73 Å². The van der Waals surface area contributed by atoms with E-state index in [-0.39, 0.29) is 18.4 Å². The normalized spacial score (nSPS) is 11.9. The van der Waals surface area contributed by atoms with Gasteiger partial charge in [-0.2, -0.15) is 0 Å². The monoisotopic (exact) mass is 172 g/mol. The van der Waals surface area contributed by atoms with Crippen molar-refractivity contribution < 1.29 is 0 Å². The van der Waals surface area contributed by atoms with Crippen LogP contribution in [0, 0.1) is 6.92 Å². The van der Waals surface area contributed by atoms with Gasteiger partial charge in [0, 0.05) is 12.2 Å². The molecule has 1 rings (SSSR count). The third-order valence-electron chi connectivity index (χ3n) is 1.40. The summed E-state index contributed by atoms with van der Waals surface area (Å²) in [6.07, 6.45) is 1.83. The molecule has 1 aromatic rings. The van der Waals surface area contributed by atoms with Crippen LogP contribution in [0.25, 0.3) is 0 Å². The zero-order chi connectivity index (χ0) is 7.56. The molecule has 0 saturated heterocycles. The molecule has 0 aliphatic heterocycles. The summed E-state index contributed by atoms with van der Waals surface area (Å²) in [6, 6.07) is 4.02. The van der Waals surface area contributed by atoms with Gasteiger partial charge in [-0.15, -0.1) is 12.4 Å². The smallest absolute Gasteiger partial charge is 0.0568 e. The van der Waals surface area contributed by atoms with Crippen LogP contribution in [0.3, 0.4) is 0 Å². The predicted molar refractivity (Wildman–Crippen MR) is 48.8 cm³/mol. The molecule has 0 aliphatic rings. The molecular weight excluding hydrogens is 160 g/mol. The number of rotatable bonds is 1. The number of nitrogens with two attached hydrogens (primary N) is 1. The summed E-state index contributed by atoms with van der Waals surface area (Å²) in [6.45, 7) is 3.94. The average molecular weight is 173 g/mol. The summed E-state index contributed by atoms with van der Waals surface area (Å²) in [4.78, 5) is 4.15. The number of aromatic nitrogens is 1. The van der Waals surface area contributed by atoms with Crippen molar-refractivity contribution in [1.82, 2.24) is 4.98 Å². The van der Waals surface area contributed by atoms with E-state index >= 15 is 0 Å². The first-order chi connectivity index (χ1) is 4.70.